The van der Waals surface area contributed by atoms with Crippen LogP contribution in [-0.4, -0.2) is 49.1 Å². The molecule has 0 bridgehead atoms. The van der Waals surface area contributed by atoms with E-state index in [-0.39, 0.29) is 5.91 Å². The minimum Gasteiger partial charge on any atom is -0.481 e. The number of nitrogens with zero attached hydrogens (tertiary/aromatic N) is 2. The van der Waals surface area contributed by atoms with Gasteiger partial charge in [0.05, 0.1) is 12.7 Å². The number of amides is 1. The van der Waals surface area contributed by atoms with Gasteiger partial charge in [-0.2, -0.15) is 0 Å². The number of carbonyl (C=O) groups is 1. The number of pyridine rings is 1. The Bertz CT molecular complexity index is 715. The molecule has 5 heteroatoms. The maximum atomic E-state index is 12.1. The highest BCUT2D eigenvalue weighted by molar-refractivity contribution is 5.93. The number of carbonyl (C=O) groups excluding carboxylic acids is 1. The van der Waals surface area contributed by atoms with E-state index in [1.807, 2.05) is 0 Å². The summed E-state index contributed by atoms with van der Waals surface area (Å²) in [4.78, 5) is 18.6. The van der Waals surface area contributed by atoms with Gasteiger partial charge in [0.15, 0.2) is 0 Å². The van der Waals surface area contributed by atoms with Crippen LogP contribution in [0.2, 0.25) is 0 Å². The molecule has 0 spiro atoms. The summed E-state index contributed by atoms with van der Waals surface area (Å²) in [6.45, 7) is 5.84. The van der Waals surface area contributed by atoms with Gasteiger partial charge < -0.3 is 15.0 Å². The second-order valence-corrected chi connectivity index (χ2v) is 6.49. The lowest BCUT2D eigenvalue weighted by Crippen LogP contribution is -2.33. The highest BCUT2D eigenvalue weighted by atomic mass is 16.5. The lowest BCUT2D eigenvalue weighted by molar-refractivity contribution is 0.0949. The van der Waals surface area contributed by atoms with E-state index < -0.39 is 0 Å². The number of hydrogen-bond donors (Lipinski definition) is 1. The van der Waals surface area contributed by atoms with Crippen LogP contribution in [0, 0.1) is 6.92 Å². The van der Waals surface area contributed by atoms with Crippen molar-refractivity contribution in [1.82, 2.24) is 15.2 Å². The number of aromatic nitrogens is 1. The van der Waals surface area contributed by atoms with Gasteiger partial charge in [0.1, 0.15) is 0 Å². The molecule has 0 saturated carbocycles. The number of methoxy groups -OCH3 is 1. The van der Waals surface area contributed by atoms with Gasteiger partial charge in [0, 0.05) is 31.9 Å². The quantitative estimate of drug-likeness (QED) is 0.879. The zero-order chi connectivity index (χ0) is 17.6. The largest absolute Gasteiger partial charge is 0.481 e. The fraction of sp³-hybridized carbons (Fsp3) is 0.400. The Kier molecular flexibility index (Phi) is 5.66. The number of hydrogen-bond acceptors (Lipinski definition) is 4. The molecule has 1 amide bonds. The minimum atomic E-state index is -0.0928. The van der Waals surface area contributed by atoms with Crippen molar-refractivity contribution in [3.05, 3.63) is 59.3 Å². The summed E-state index contributed by atoms with van der Waals surface area (Å²) in [5, 5.41) is 2.97. The van der Waals surface area contributed by atoms with Gasteiger partial charge in [-0.15, -0.1) is 0 Å². The minimum absolute atomic E-state index is 0.0928. The molecule has 1 aromatic heterocycles. The number of benzene rings is 1. The number of rotatable bonds is 6. The van der Waals surface area contributed by atoms with Gasteiger partial charge in [-0.1, -0.05) is 24.3 Å². The van der Waals surface area contributed by atoms with Crippen molar-refractivity contribution in [2.75, 3.05) is 33.3 Å². The van der Waals surface area contributed by atoms with Gasteiger partial charge in [0.2, 0.25) is 5.88 Å². The summed E-state index contributed by atoms with van der Waals surface area (Å²) < 4.78 is 5.00. The first-order valence-corrected chi connectivity index (χ1v) is 8.73. The van der Waals surface area contributed by atoms with Crippen LogP contribution in [0.5, 0.6) is 5.88 Å². The van der Waals surface area contributed by atoms with Crippen molar-refractivity contribution in [3.8, 4) is 5.88 Å². The predicted molar refractivity (Wildman–Crippen MR) is 98.1 cm³/mol. The number of likely N-dealkylation sites (tertiary alicyclic amines) is 1. The zero-order valence-corrected chi connectivity index (χ0v) is 14.9. The standard InChI is InChI=1S/C20H25N3O2/c1-15-5-3-4-6-18(15)17-9-11-23(14-17)12-10-21-20(24)16-7-8-19(25-2)22-13-16/h3-8,13,17H,9-12,14H2,1-2H3,(H,21,24)/t17-/m1/s1. The molecule has 2 heterocycles. The zero-order valence-electron chi connectivity index (χ0n) is 14.9. The van der Waals surface area contributed by atoms with E-state index >= 15 is 0 Å². The van der Waals surface area contributed by atoms with Crippen LogP contribution in [0.25, 0.3) is 0 Å². The summed E-state index contributed by atoms with van der Waals surface area (Å²) in [7, 11) is 1.56. The molecule has 0 unspecified atom stereocenters. The number of nitrogens with one attached hydrogen (secondary N) is 1. The van der Waals surface area contributed by atoms with Crippen LogP contribution in [0.1, 0.15) is 33.8 Å². The highest BCUT2D eigenvalue weighted by Crippen LogP contribution is 2.28. The second-order valence-electron chi connectivity index (χ2n) is 6.49. The van der Waals surface area contributed by atoms with Gasteiger partial charge in [-0.25, -0.2) is 4.98 Å². The summed E-state index contributed by atoms with van der Waals surface area (Å²) in [5.41, 5.74) is 3.38. The molecule has 1 N–H and O–H groups in total. The van der Waals surface area contributed by atoms with Crippen LogP contribution in [-0.2, 0) is 0 Å². The summed E-state index contributed by atoms with van der Waals surface area (Å²) in [5.74, 6) is 1.02. The first-order chi connectivity index (χ1) is 12.2. The topological polar surface area (TPSA) is 54.5 Å². The molecule has 132 valence electrons. The van der Waals surface area contributed by atoms with Crippen LogP contribution < -0.4 is 10.1 Å². The van der Waals surface area contributed by atoms with E-state index in [2.05, 4.69) is 46.4 Å². The van der Waals surface area contributed by atoms with Crippen molar-refractivity contribution in [2.45, 2.75) is 19.3 Å². The van der Waals surface area contributed by atoms with Gasteiger partial charge in [0.25, 0.3) is 5.91 Å². The van der Waals surface area contributed by atoms with Crippen molar-refractivity contribution in [2.24, 2.45) is 0 Å². The smallest absolute Gasteiger partial charge is 0.252 e. The van der Waals surface area contributed by atoms with E-state index in [0.717, 1.165) is 19.6 Å². The SMILES string of the molecule is COc1ccc(C(=O)NCCN2CC[C@@H](c3ccccc3C)C2)cn1. The van der Waals surface area contributed by atoms with E-state index in [9.17, 15) is 4.79 Å². The Labute approximate surface area is 149 Å². The molecule has 1 aromatic carbocycles. The van der Waals surface area contributed by atoms with Crippen LogP contribution >= 0.6 is 0 Å². The maximum Gasteiger partial charge on any atom is 0.252 e. The Morgan fingerprint density at radius 3 is 2.88 bits per heavy atom. The van der Waals surface area contributed by atoms with Crippen LogP contribution in [0.4, 0.5) is 0 Å². The number of ether oxygens (including phenoxy) is 1. The molecule has 3 rings (SSSR count). The monoisotopic (exact) mass is 339 g/mol. The summed E-state index contributed by atoms with van der Waals surface area (Å²) >= 11 is 0. The molecule has 1 saturated heterocycles. The Balaban J connectivity index is 1.45. The molecule has 1 aliphatic heterocycles. The molecule has 0 aliphatic carbocycles. The van der Waals surface area contributed by atoms with Crippen molar-refractivity contribution in [1.29, 1.82) is 0 Å². The lowest BCUT2D eigenvalue weighted by Gasteiger charge is -2.17. The first kappa shape index (κ1) is 17.4. The number of aryl methyl sites for hydroxylation is 1. The highest BCUT2D eigenvalue weighted by Gasteiger charge is 2.24. The van der Waals surface area contributed by atoms with Gasteiger partial charge >= 0.3 is 0 Å². The van der Waals surface area contributed by atoms with E-state index in [4.69, 9.17) is 4.74 Å². The normalized spacial score (nSPS) is 17.4. The Morgan fingerprint density at radius 1 is 1.32 bits per heavy atom. The fourth-order valence-electron chi connectivity index (χ4n) is 3.40. The molecular formula is C20H25N3O2. The molecule has 25 heavy (non-hydrogen) atoms. The van der Waals surface area contributed by atoms with Gasteiger partial charge in [-0.05, 0) is 43.0 Å². The first-order valence-electron chi connectivity index (χ1n) is 8.73. The third-order valence-electron chi connectivity index (χ3n) is 4.82. The average molecular weight is 339 g/mol. The summed E-state index contributed by atoms with van der Waals surface area (Å²) in [6.07, 6.45) is 2.72. The molecule has 1 atom stereocenters. The Hall–Kier alpha value is -2.40. The third kappa shape index (κ3) is 4.37. The molecule has 0 radical (unpaired) electrons. The van der Waals surface area contributed by atoms with E-state index in [1.54, 1.807) is 19.2 Å². The van der Waals surface area contributed by atoms with E-state index in [1.165, 1.54) is 23.7 Å². The maximum absolute atomic E-state index is 12.1. The molecule has 5 nitrogen and oxygen atoms in total. The summed E-state index contributed by atoms with van der Waals surface area (Å²) in [6, 6.07) is 12.1. The average Bonchev–Trinajstić information content (AvgIpc) is 3.10. The molecule has 2 aromatic rings. The fourth-order valence-corrected chi connectivity index (χ4v) is 3.40. The third-order valence-corrected chi connectivity index (χ3v) is 4.82. The van der Waals surface area contributed by atoms with Gasteiger partial charge in [-0.3, -0.25) is 4.79 Å². The van der Waals surface area contributed by atoms with Crippen molar-refractivity contribution < 1.29 is 9.53 Å². The predicted octanol–water partition coefficient (Wildman–Crippen LogP) is 2.62. The van der Waals surface area contributed by atoms with Crippen molar-refractivity contribution >= 4 is 5.91 Å². The lowest BCUT2D eigenvalue weighted by atomic mass is 9.94. The van der Waals surface area contributed by atoms with Crippen molar-refractivity contribution in [3.63, 3.8) is 0 Å². The Morgan fingerprint density at radius 2 is 2.16 bits per heavy atom. The molecule has 1 fully saturated rings. The van der Waals surface area contributed by atoms with Crippen LogP contribution in [0.15, 0.2) is 42.6 Å². The molecule has 1 aliphatic rings. The molecular weight excluding hydrogens is 314 g/mol. The second kappa shape index (κ2) is 8.12. The van der Waals surface area contributed by atoms with Crippen LogP contribution in [0.3, 0.4) is 0 Å². The van der Waals surface area contributed by atoms with E-state index in [0.29, 0.717) is 23.9 Å².